The molecule has 1 fully saturated rings. The Morgan fingerprint density at radius 1 is 1.19 bits per heavy atom. The Bertz CT molecular complexity index is 1320. The van der Waals surface area contributed by atoms with Crippen LogP contribution in [0.2, 0.25) is 0 Å². The molecule has 4 heterocycles. The summed E-state index contributed by atoms with van der Waals surface area (Å²) in [5.41, 5.74) is 12.9. The zero-order valence-corrected chi connectivity index (χ0v) is 19.7. The highest BCUT2D eigenvalue weighted by Crippen LogP contribution is 2.38. The summed E-state index contributed by atoms with van der Waals surface area (Å²) in [6, 6.07) is 3.99. The van der Waals surface area contributed by atoms with Crippen molar-refractivity contribution in [3.8, 4) is 17.1 Å². The first-order chi connectivity index (χ1) is 17.2. The monoisotopic (exact) mass is 497 g/mol. The Kier molecular flexibility index (Phi) is 6.29. The number of ether oxygens (including phenoxy) is 1. The number of halogens is 3. The smallest absolute Gasteiger partial charge is 0.218 e. The second-order valence-electron chi connectivity index (χ2n) is 9.47. The Labute approximate surface area is 206 Å². The van der Waals surface area contributed by atoms with Gasteiger partial charge in [0.1, 0.15) is 23.0 Å². The van der Waals surface area contributed by atoms with Gasteiger partial charge < -0.3 is 21.1 Å². The van der Waals surface area contributed by atoms with E-state index in [1.807, 2.05) is 0 Å². The highest BCUT2D eigenvalue weighted by Gasteiger charge is 2.31. The molecule has 0 aliphatic carbocycles. The molecule has 0 amide bonds. The van der Waals surface area contributed by atoms with E-state index >= 15 is 0 Å². The van der Waals surface area contributed by atoms with Crippen LogP contribution in [0.25, 0.3) is 11.3 Å². The predicted molar refractivity (Wildman–Crippen MR) is 129 cm³/mol. The standard InChI is InChI=1S/C26H26F3N5O2/c1-13-7-15(30)12-34(11-13)25-14(10-32-26-16(25)5-6-36-26)8-21(35)24-20(31)9-19(29)23(33-24)22-17(27)3-2-4-18(22)28/h2-4,9-10,13,15H,5-8,11-12,30-31H2,1H3/t13-,15+/m1/s1. The van der Waals surface area contributed by atoms with E-state index in [1.165, 1.54) is 0 Å². The number of nitrogens with zero attached hydrogens (tertiary/aromatic N) is 3. The summed E-state index contributed by atoms with van der Waals surface area (Å²) in [6.07, 6.45) is 2.99. The minimum absolute atomic E-state index is 0.0175. The van der Waals surface area contributed by atoms with Crippen LogP contribution in [0.1, 0.15) is 35.0 Å². The molecule has 0 saturated carbocycles. The maximum Gasteiger partial charge on any atom is 0.218 e. The largest absolute Gasteiger partial charge is 0.477 e. The van der Waals surface area contributed by atoms with Crippen molar-refractivity contribution in [2.45, 2.75) is 32.2 Å². The lowest BCUT2D eigenvalue weighted by Gasteiger charge is -2.38. The SMILES string of the molecule is C[C@@H]1C[C@H](N)CN(c2c(CC(=O)c3nc(-c4c(F)cccc4F)c(F)cc3N)cnc3c2CCO3)C1. The number of nitrogens with two attached hydrogens (primary N) is 2. The van der Waals surface area contributed by atoms with Gasteiger partial charge >= 0.3 is 0 Å². The molecule has 0 unspecified atom stereocenters. The lowest BCUT2D eigenvalue weighted by molar-refractivity contribution is 0.0989. The molecule has 7 nitrogen and oxygen atoms in total. The van der Waals surface area contributed by atoms with Crippen LogP contribution >= 0.6 is 0 Å². The number of carbonyl (C=O) groups excluding carboxylic acids is 1. The highest BCUT2D eigenvalue weighted by atomic mass is 19.1. The number of fused-ring (bicyclic) bond motifs is 1. The summed E-state index contributed by atoms with van der Waals surface area (Å²) in [6.45, 7) is 4.00. The lowest BCUT2D eigenvalue weighted by Crippen LogP contribution is -2.47. The van der Waals surface area contributed by atoms with Crippen LogP contribution < -0.4 is 21.1 Å². The molecule has 0 spiro atoms. The van der Waals surface area contributed by atoms with E-state index in [-0.39, 0.29) is 23.8 Å². The Morgan fingerprint density at radius 3 is 2.67 bits per heavy atom. The molecular weight excluding hydrogens is 471 g/mol. The molecule has 2 aromatic heterocycles. The second-order valence-corrected chi connectivity index (χ2v) is 9.47. The predicted octanol–water partition coefficient (Wildman–Crippen LogP) is 3.68. The minimum atomic E-state index is -1.03. The Hall–Kier alpha value is -3.66. The zero-order chi connectivity index (χ0) is 25.6. The molecule has 36 heavy (non-hydrogen) atoms. The van der Waals surface area contributed by atoms with Gasteiger partial charge in [0.15, 0.2) is 11.6 Å². The van der Waals surface area contributed by atoms with Crippen LogP contribution in [0, 0.1) is 23.4 Å². The minimum Gasteiger partial charge on any atom is -0.477 e. The fraction of sp³-hybridized carbons (Fsp3) is 0.346. The molecule has 0 radical (unpaired) electrons. The number of pyridine rings is 2. The van der Waals surface area contributed by atoms with Crippen LogP contribution in [0.3, 0.4) is 0 Å². The van der Waals surface area contributed by atoms with Gasteiger partial charge in [0.05, 0.1) is 23.5 Å². The summed E-state index contributed by atoms with van der Waals surface area (Å²) in [5, 5.41) is 0. The van der Waals surface area contributed by atoms with Crippen molar-refractivity contribution in [3.05, 3.63) is 64.7 Å². The number of hydrogen-bond donors (Lipinski definition) is 2. The van der Waals surface area contributed by atoms with Gasteiger partial charge in [-0.2, -0.15) is 0 Å². The van der Waals surface area contributed by atoms with E-state index in [4.69, 9.17) is 16.2 Å². The molecule has 10 heteroatoms. The van der Waals surface area contributed by atoms with Gasteiger partial charge in [-0.05, 0) is 24.5 Å². The molecule has 2 atom stereocenters. The van der Waals surface area contributed by atoms with Gasteiger partial charge in [0.25, 0.3) is 0 Å². The van der Waals surface area contributed by atoms with E-state index in [0.29, 0.717) is 36.9 Å². The third kappa shape index (κ3) is 4.37. The maximum atomic E-state index is 14.7. The number of ketones is 1. The number of anilines is 2. The van der Waals surface area contributed by atoms with E-state index < -0.39 is 34.5 Å². The summed E-state index contributed by atoms with van der Waals surface area (Å²) < 4.78 is 49.0. The van der Waals surface area contributed by atoms with E-state index in [2.05, 4.69) is 21.8 Å². The average molecular weight is 498 g/mol. The van der Waals surface area contributed by atoms with Crippen molar-refractivity contribution in [2.24, 2.45) is 11.7 Å². The highest BCUT2D eigenvalue weighted by molar-refractivity contribution is 6.01. The third-order valence-electron chi connectivity index (χ3n) is 6.61. The van der Waals surface area contributed by atoms with E-state index in [1.54, 1.807) is 6.20 Å². The Morgan fingerprint density at radius 2 is 1.94 bits per heavy atom. The number of aromatic nitrogens is 2. The topological polar surface area (TPSA) is 107 Å². The van der Waals surface area contributed by atoms with Crippen LogP contribution in [0.15, 0.2) is 30.5 Å². The van der Waals surface area contributed by atoms with Crippen LogP contribution in [-0.4, -0.2) is 41.5 Å². The van der Waals surface area contributed by atoms with Crippen LogP contribution in [0.5, 0.6) is 5.88 Å². The van der Waals surface area contributed by atoms with Crippen molar-refractivity contribution in [2.75, 3.05) is 30.3 Å². The molecule has 1 aromatic carbocycles. The molecule has 2 aliphatic heterocycles. The fourth-order valence-electron chi connectivity index (χ4n) is 5.16. The normalized spacial score (nSPS) is 19.2. The van der Waals surface area contributed by atoms with E-state index in [9.17, 15) is 18.0 Å². The molecule has 0 bridgehead atoms. The third-order valence-corrected chi connectivity index (χ3v) is 6.61. The molecule has 2 aliphatic rings. The first kappa shape index (κ1) is 24.1. The first-order valence-electron chi connectivity index (χ1n) is 11.8. The Balaban J connectivity index is 1.54. The number of Topliss-reactive ketones (excluding diaryl/α,β-unsaturated/α-hetero) is 1. The zero-order valence-electron chi connectivity index (χ0n) is 19.7. The molecule has 188 valence electrons. The van der Waals surface area contributed by atoms with Gasteiger partial charge in [-0.25, -0.2) is 23.1 Å². The van der Waals surface area contributed by atoms with Gasteiger partial charge in [0.2, 0.25) is 5.88 Å². The molecule has 5 rings (SSSR count). The van der Waals surface area contributed by atoms with Gasteiger partial charge in [-0.3, -0.25) is 4.79 Å². The van der Waals surface area contributed by atoms with Crippen molar-refractivity contribution in [1.82, 2.24) is 9.97 Å². The van der Waals surface area contributed by atoms with Crippen molar-refractivity contribution in [3.63, 3.8) is 0 Å². The summed E-state index contributed by atoms with van der Waals surface area (Å²) >= 11 is 0. The van der Waals surface area contributed by atoms with Crippen molar-refractivity contribution in [1.29, 1.82) is 0 Å². The molecular formula is C26H26F3N5O2. The molecule has 4 N–H and O–H groups in total. The fourth-order valence-corrected chi connectivity index (χ4v) is 5.16. The summed E-state index contributed by atoms with van der Waals surface area (Å²) in [4.78, 5) is 23.9. The average Bonchev–Trinajstić information content (AvgIpc) is 3.28. The number of hydrogen-bond acceptors (Lipinski definition) is 7. The van der Waals surface area contributed by atoms with Gasteiger partial charge in [-0.15, -0.1) is 0 Å². The maximum absolute atomic E-state index is 14.7. The number of carbonyl (C=O) groups is 1. The van der Waals surface area contributed by atoms with Gasteiger partial charge in [-0.1, -0.05) is 13.0 Å². The molecule has 3 aromatic rings. The lowest BCUT2D eigenvalue weighted by atomic mass is 9.93. The van der Waals surface area contributed by atoms with Gasteiger partial charge in [0, 0.05) is 55.4 Å². The van der Waals surface area contributed by atoms with Crippen molar-refractivity contribution < 1.29 is 22.7 Å². The number of rotatable bonds is 5. The number of benzene rings is 1. The number of nitrogen functional groups attached to an aromatic ring is 1. The summed E-state index contributed by atoms with van der Waals surface area (Å²) in [5.74, 6) is -2.65. The van der Waals surface area contributed by atoms with Crippen LogP contribution in [-0.2, 0) is 12.8 Å². The quantitative estimate of drug-likeness (QED) is 0.518. The van der Waals surface area contributed by atoms with Crippen LogP contribution in [0.4, 0.5) is 24.5 Å². The second kappa shape index (κ2) is 9.42. The van der Waals surface area contributed by atoms with E-state index in [0.717, 1.165) is 48.5 Å². The first-order valence-corrected chi connectivity index (χ1v) is 11.8. The number of piperidine rings is 1. The summed E-state index contributed by atoms with van der Waals surface area (Å²) in [7, 11) is 0. The van der Waals surface area contributed by atoms with Crippen molar-refractivity contribution >= 4 is 17.2 Å². The molecule has 1 saturated heterocycles.